The highest BCUT2D eigenvalue weighted by molar-refractivity contribution is 6.35. The topological polar surface area (TPSA) is 55.2 Å². The fourth-order valence-corrected chi connectivity index (χ4v) is 3.88. The molecule has 1 amide bonds. The molecule has 0 fully saturated rings. The van der Waals surface area contributed by atoms with Crippen molar-refractivity contribution >= 4 is 45.7 Å². The van der Waals surface area contributed by atoms with Crippen molar-refractivity contribution in [3.63, 3.8) is 0 Å². The van der Waals surface area contributed by atoms with Crippen molar-refractivity contribution in [2.75, 3.05) is 11.9 Å². The summed E-state index contributed by atoms with van der Waals surface area (Å²) in [5, 5.41) is 1.08. The number of carbonyl (C=O) groups excluding carboxylic acids is 1. The van der Waals surface area contributed by atoms with E-state index < -0.39 is 0 Å². The highest BCUT2D eigenvalue weighted by atomic mass is 35.5. The molecule has 2 heterocycles. The fourth-order valence-electron chi connectivity index (χ4n) is 3.75. The predicted molar refractivity (Wildman–Crippen MR) is 120 cm³/mol. The van der Waals surface area contributed by atoms with E-state index in [4.69, 9.17) is 16.6 Å². The van der Waals surface area contributed by atoms with Crippen molar-refractivity contribution in [3.8, 4) is 5.69 Å². The molecule has 1 aliphatic heterocycles. The van der Waals surface area contributed by atoms with Gasteiger partial charge >= 0.3 is 0 Å². The normalized spacial score (nSPS) is 14.5. The zero-order valence-electron chi connectivity index (χ0n) is 16.0. The number of carbonyl (C=O) groups is 1. The van der Waals surface area contributed by atoms with E-state index in [1.807, 2.05) is 30.3 Å². The summed E-state index contributed by atoms with van der Waals surface area (Å²) in [6.45, 7) is 0. The van der Waals surface area contributed by atoms with Gasteiger partial charge in [0.1, 0.15) is 5.82 Å². The second-order valence-electron chi connectivity index (χ2n) is 7.04. The van der Waals surface area contributed by atoms with Gasteiger partial charge in [0.05, 0.1) is 27.9 Å². The Morgan fingerprint density at radius 2 is 1.60 bits per heavy atom. The zero-order chi connectivity index (χ0) is 20.8. The lowest BCUT2D eigenvalue weighted by Crippen LogP contribution is -2.23. The molecule has 6 heteroatoms. The van der Waals surface area contributed by atoms with E-state index in [1.165, 1.54) is 4.57 Å². The molecule has 3 aromatic carbocycles. The molecule has 0 N–H and O–H groups in total. The first kappa shape index (κ1) is 18.3. The number of hydrogen-bond acceptors (Lipinski definition) is 3. The minimum atomic E-state index is -0.207. The summed E-state index contributed by atoms with van der Waals surface area (Å²) in [4.78, 5) is 32.6. The van der Waals surface area contributed by atoms with Crippen LogP contribution in [-0.2, 0) is 4.79 Å². The number of benzene rings is 3. The van der Waals surface area contributed by atoms with Gasteiger partial charge in [0.25, 0.3) is 11.5 Å². The number of amides is 1. The van der Waals surface area contributed by atoms with Gasteiger partial charge in [-0.15, -0.1) is 0 Å². The molecule has 0 aliphatic carbocycles. The van der Waals surface area contributed by atoms with Crippen molar-refractivity contribution in [2.24, 2.45) is 0 Å². The molecule has 0 saturated heterocycles. The summed E-state index contributed by atoms with van der Waals surface area (Å²) in [6, 6.07) is 21.7. The molecule has 0 bridgehead atoms. The Morgan fingerprint density at radius 3 is 2.40 bits per heavy atom. The lowest BCUT2D eigenvalue weighted by Gasteiger charge is -2.12. The fraction of sp³-hybridized carbons (Fsp3) is 0.0417. The van der Waals surface area contributed by atoms with Crippen LogP contribution < -0.4 is 10.5 Å². The summed E-state index contributed by atoms with van der Waals surface area (Å²) in [5.41, 5.74) is 3.14. The predicted octanol–water partition coefficient (Wildman–Crippen LogP) is 4.56. The van der Waals surface area contributed by atoms with Crippen LogP contribution in [0, 0.1) is 0 Å². The first-order chi connectivity index (χ1) is 14.5. The molecule has 5 nitrogen and oxygen atoms in total. The molecule has 0 atom stereocenters. The standard InChI is InChI=1S/C24H16ClN3O2/c1-27-21-9-5-3-6-17(21)19(23(27)29)14-22-26-20-8-4-2-7-18(20)24(30)28(22)16-12-10-15(25)11-13-16/h2-14H,1H3. The van der Waals surface area contributed by atoms with E-state index in [2.05, 4.69) is 0 Å². The van der Waals surface area contributed by atoms with Crippen molar-refractivity contribution in [3.05, 3.63) is 99.6 Å². The summed E-state index contributed by atoms with van der Waals surface area (Å²) in [7, 11) is 1.74. The third kappa shape index (κ3) is 2.83. The zero-order valence-corrected chi connectivity index (χ0v) is 16.8. The Balaban J connectivity index is 1.82. The SMILES string of the molecule is CN1C(=O)C(=Cc2nc3ccccc3c(=O)n2-c2ccc(Cl)cc2)c2ccccc21. The lowest BCUT2D eigenvalue weighted by molar-refractivity contribution is -0.112. The van der Waals surface area contributed by atoms with Gasteiger partial charge in [-0.1, -0.05) is 41.9 Å². The summed E-state index contributed by atoms with van der Waals surface area (Å²) in [5.74, 6) is 0.246. The molecule has 0 unspecified atom stereocenters. The molecule has 1 aromatic heterocycles. The number of fused-ring (bicyclic) bond motifs is 2. The summed E-state index contributed by atoms with van der Waals surface area (Å²) < 4.78 is 1.51. The van der Waals surface area contributed by atoms with Crippen LogP contribution in [0.25, 0.3) is 28.2 Å². The van der Waals surface area contributed by atoms with Crippen molar-refractivity contribution in [1.82, 2.24) is 9.55 Å². The lowest BCUT2D eigenvalue weighted by atomic mass is 10.1. The van der Waals surface area contributed by atoms with E-state index in [9.17, 15) is 9.59 Å². The van der Waals surface area contributed by atoms with Gasteiger partial charge in [-0.2, -0.15) is 0 Å². The van der Waals surface area contributed by atoms with Crippen LogP contribution in [0.3, 0.4) is 0 Å². The molecule has 5 rings (SSSR count). The maximum absolute atomic E-state index is 13.4. The maximum Gasteiger partial charge on any atom is 0.266 e. The largest absolute Gasteiger partial charge is 0.311 e. The number of nitrogens with zero attached hydrogens (tertiary/aromatic N) is 3. The van der Waals surface area contributed by atoms with Gasteiger partial charge in [0.15, 0.2) is 0 Å². The van der Waals surface area contributed by atoms with Crippen LogP contribution in [0.1, 0.15) is 11.4 Å². The number of aromatic nitrogens is 2. The number of para-hydroxylation sites is 2. The van der Waals surface area contributed by atoms with E-state index in [0.29, 0.717) is 33.0 Å². The Labute approximate surface area is 177 Å². The Morgan fingerprint density at radius 1 is 0.900 bits per heavy atom. The molecular formula is C24H16ClN3O2. The number of rotatable bonds is 2. The average molecular weight is 414 g/mol. The van der Waals surface area contributed by atoms with E-state index in [0.717, 1.165) is 11.3 Å². The van der Waals surface area contributed by atoms with Crippen molar-refractivity contribution in [2.45, 2.75) is 0 Å². The number of likely N-dealkylation sites (N-methyl/N-ethyl adjacent to an activating group) is 1. The van der Waals surface area contributed by atoms with Gasteiger partial charge in [-0.25, -0.2) is 4.98 Å². The minimum absolute atomic E-state index is 0.138. The first-order valence-corrected chi connectivity index (χ1v) is 9.79. The smallest absolute Gasteiger partial charge is 0.266 e. The van der Waals surface area contributed by atoms with E-state index in [-0.39, 0.29) is 11.5 Å². The molecule has 0 spiro atoms. The molecule has 4 aromatic rings. The highest BCUT2D eigenvalue weighted by Gasteiger charge is 2.29. The van der Waals surface area contributed by atoms with Gasteiger partial charge in [-0.3, -0.25) is 14.2 Å². The van der Waals surface area contributed by atoms with E-state index in [1.54, 1.807) is 60.5 Å². The van der Waals surface area contributed by atoms with Crippen molar-refractivity contribution < 1.29 is 4.79 Å². The minimum Gasteiger partial charge on any atom is -0.311 e. The molecule has 1 aliphatic rings. The van der Waals surface area contributed by atoms with Gasteiger partial charge < -0.3 is 4.90 Å². The first-order valence-electron chi connectivity index (χ1n) is 9.41. The molecule has 30 heavy (non-hydrogen) atoms. The van der Waals surface area contributed by atoms with E-state index >= 15 is 0 Å². The molecular weight excluding hydrogens is 398 g/mol. The molecule has 146 valence electrons. The second kappa shape index (κ2) is 6.97. The number of anilines is 1. The summed E-state index contributed by atoms with van der Waals surface area (Å²) >= 11 is 6.04. The molecule has 0 saturated carbocycles. The maximum atomic E-state index is 13.4. The Bertz CT molecular complexity index is 1400. The summed E-state index contributed by atoms with van der Waals surface area (Å²) in [6.07, 6.45) is 1.69. The Hall–Kier alpha value is -3.70. The average Bonchev–Trinajstić information content (AvgIpc) is 3.00. The van der Waals surface area contributed by atoms with Gasteiger partial charge in [0, 0.05) is 17.6 Å². The quantitative estimate of drug-likeness (QED) is 0.453. The van der Waals surface area contributed by atoms with Gasteiger partial charge in [-0.05, 0) is 48.5 Å². The third-order valence-corrected chi connectivity index (χ3v) is 5.50. The van der Waals surface area contributed by atoms with Crippen LogP contribution in [0.15, 0.2) is 77.6 Å². The van der Waals surface area contributed by atoms with Crippen LogP contribution >= 0.6 is 11.6 Å². The molecule has 0 radical (unpaired) electrons. The monoisotopic (exact) mass is 413 g/mol. The van der Waals surface area contributed by atoms with Crippen LogP contribution in [-0.4, -0.2) is 22.5 Å². The van der Waals surface area contributed by atoms with Crippen LogP contribution in [0.5, 0.6) is 0 Å². The van der Waals surface area contributed by atoms with Crippen LogP contribution in [0.4, 0.5) is 5.69 Å². The number of hydrogen-bond donors (Lipinski definition) is 0. The van der Waals surface area contributed by atoms with Crippen molar-refractivity contribution in [1.29, 1.82) is 0 Å². The van der Waals surface area contributed by atoms with Crippen LogP contribution in [0.2, 0.25) is 5.02 Å². The number of halogens is 1. The Kier molecular flexibility index (Phi) is 4.26. The highest BCUT2D eigenvalue weighted by Crippen LogP contribution is 2.36. The van der Waals surface area contributed by atoms with Gasteiger partial charge in [0.2, 0.25) is 0 Å². The second-order valence-corrected chi connectivity index (χ2v) is 7.48. The third-order valence-electron chi connectivity index (χ3n) is 5.25.